The molecule has 23 heavy (non-hydrogen) atoms. The zero-order valence-electron chi connectivity index (χ0n) is 13.3. The fraction of sp³-hybridized carbons (Fsp3) is 0.412. The molecule has 5 nitrogen and oxygen atoms in total. The topological polar surface area (TPSA) is 51.5 Å². The summed E-state index contributed by atoms with van der Waals surface area (Å²) in [6, 6.07) is 5.41. The molecule has 1 amide bonds. The van der Waals surface area contributed by atoms with Crippen molar-refractivity contribution in [2.75, 3.05) is 13.1 Å². The average Bonchev–Trinajstić information content (AvgIpc) is 3.04. The second-order valence-electron chi connectivity index (χ2n) is 5.96. The molecule has 0 radical (unpaired) electrons. The summed E-state index contributed by atoms with van der Waals surface area (Å²) in [5, 5.41) is 4.06. The number of hydrogen-bond acceptors (Lipinski definition) is 4. The van der Waals surface area contributed by atoms with Crippen molar-refractivity contribution in [3.63, 3.8) is 0 Å². The molecular weight excluding hydrogens is 312 g/mol. The summed E-state index contributed by atoms with van der Waals surface area (Å²) >= 11 is 1.62. The molecule has 0 bridgehead atoms. The highest BCUT2D eigenvalue weighted by Crippen LogP contribution is 2.26. The van der Waals surface area contributed by atoms with Gasteiger partial charge in [0, 0.05) is 18.8 Å². The molecule has 122 valence electrons. The smallest absolute Gasteiger partial charge is 0.251 e. The number of carbonyl (C=O) groups is 1. The fourth-order valence-corrected chi connectivity index (χ4v) is 3.48. The van der Waals surface area contributed by atoms with Crippen molar-refractivity contribution in [2.45, 2.75) is 32.6 Å². The van der Waals surface area contributed by atoms with Crippen LogP contribution < -0.4 is 5.56 Å². The van der Waals surface area contributed by atoms with Crippen molar-refractivity contribution in [1.29, 1.82) is 0 Å². The van der Waals surface area contributed by atoms with Gasteiger partial charge in [-0.2, -0.15) is 11.3 Å². The third kappa shape index (κ3) is 3.71. The van der Waals surface area contributed by atoms with Gasteiger partial charge in [-0.25, -0.2) is 0 Å². The van der Waals surface area contributed by atoms with Gasteiger partial charge >= 0.3 is 0 Å². The van der Waals surface area contributed by atoms with Crippen molar-refractivity contribution in [3.05, 3.63) is 56.6 Å². The number of nitrogens with zero attached hydrogens (tertiary/aromatic N) is 2. The molecule has 2 aromatic heterocycles. The highest BCUT2D eigenvalue weighted by molar-refractivity contribution is 7.07. The molecule has 0 saturated carbocycles. The Morgan fingerprint density at radius 2 is 2.22 bits per heavy atom. The quantitative estimate of drug-likeness (QED) is 0.866. The molecule has 3 heterocycles. The minimum Gasteiger partial charge on any atom is -0.367 e. The Morgan fingerprint density at radius 1 is 1.39 bits per heavy atom. The molecule has 0 aliphatic carbocycles. The predicted octanol–water partition coefficient (Wildman–Crippen LogP) is 2.21. The van der Waals surface area contributed by atoms with Crippen LogP contribution in [0.2, 0.25) is 0 Å². The highest BCUT2D eigenvalue weighted by atomic mass is 32.1. The van der Waals surface area contributed by atoms with Gasteiger partial charge in [-0.05, 0) is 47.9 Å². The van der Waals surface area contributed by atoms with E-state index >= 15 is 0 Å². The molecular formula is C17H20N2O3S. The minimum absolute atomic E-state index is 0.0210. The van der Waals surface area contributed by atoms with Crippen LogP contribution in [0, 0.1) is 6.92 Å². The maximum Gasteiger partial charge on any atom is 0.251 e. The van der Waals surface area contributed by atoms with Crippen LogP contribution in [0.25, 0.3) is 0 Å². The van der Waals surface area contributed by atoms with Gasteiger partial charge in [0.1, 0.15) is 12.6 Å². The molecule has 6 heteroatoms. The molecule has 1 aliphatic heterocycles. The minimum atomic E-state index is -0.144. The number of ether oxygens (including phenoxy) is 1. The van der Waals surface area contributed by atoms with E-state index in [0.29, 0.717) is 13.1 Å². The average molecular weight is 332 g/mol. The number of hydrogen-bond donors (Lipinski definition) is 0. The van der Waals surface area contributed by atoms with Gasteiger partial charge < -0.3 is 14.2 Å². The fourth-order valence-electron chi connectivity index (χ4n) is 2.78. The first-order chi connectivity index (χ1) is 11.0. The van der Waals surface area contributed by atoms with E-state index in [4.69, 9.17) is 4.74 Å². The summed E-state index contributed by atoms with van der Waals surface area (Å²) in [6.45, 7) is 4.99. The first-order valence-electron chi connectivity index (χ1n) is 7.65. The predicted molar refractivity (Wildman–Crippen MR) is 89.6 cm³/mol. The van der Waals surface area contributed by atoms with Crippen LogP contribution in [0.3, 0.4) is 0 Å². The Bertz CT molecular complexity index is 739. The standard InChI is InChI=1S/C17H20N2O3S/c1-12-3-5-18(16(20)7-12)10-17(21)19-8-13(2)22-15(9-19)14-4-6-23-11-14/h3-7,11,13,15H,8-10H2,1-2H3/t13-,15+/m0/s1. The van der Waals surface area contributed by atoms with E-state index in [-0.39, 0.29) is 30.2 Å². The largest absolute Gasteiger partial charge is 0.367 e. The monoisotopic (exact) mass is 332 g/mol. The summed E-state index contributed by atoms with van der Waals surface area (Å²) in [7, 11) is 0. The van der Waals surface area contributed by atoms with Gasteiger partial charge in [-0.3, -0.25) is 9.59 Å². The Morgan fingerprint density at radius 3 is 2.91 bits per heavy atom. The van der Waals surface area contributed by atoms with Crippen molar-refractivity contribution >= 4 is 17.2 Å². The van der Waals surface area contributed by atoms with E-state index < -0.39 is 0 Å². The normalized spacial score (nSPS) is 21.4. The lowest BCUT2D eigenvalue weighted by Gasteiger charge is -2.36. The third-order valence-electron chi connectivity index (χ3n) is 3.99. The number of pyridine rings is 1. The Labute approximate surface area is 139 Å². The summed E-state index contributed by atoms with van der Waals surface area (Å²) in [5.74, 6) is -0.0497. The lowest BCUT2D eigenvalue weighted by atomic mass is 10.1. The Hall–Kier alpha value is -1.92. The van der Waals surface area contributed by atoms with Crippen molar-refractivity contribution < 1.29 is 9.53 Å². The Kier molecular flexibility index (Phi) is 4.63. The molecule has 0 spiro atoms. The molecule has 0 N–H and O–H groups in total. The van der Waals surface area contributed by atoms with Crippen molar-refractivity contribution in [1.82, 2.24) is 9.47 Å². The van der Waals surface area contributed by atoms with E-state index in [1.807, 2.05) is 31.4 Å². The van der Waals surface area contributed by atoms with Crippen molar-refractivity contribution in [3.8, 4) is 0 Å². The molecule has 3 rings (SSSR count). The molecule has 1 saturated heterocycles. The number of amides is 1. The molecule has 2 aromatic rings. The van der Waals surface area contributed by atoms with Gasteiger partial charge in [-0.1, -0.05) is 0 Å². The van der Waals surface area contributed by atoms with E-state index in [9.17, 15) is 9.59 Å². The van der Waals surface area contributed by atoms with Gasteiger partial charge in [-0.15, -0.1) is 0 Å². The summed E-state index contributed by atoms with van der Waals surface area (Å²) in [4.78, 5) is 26.3. The van der Waals surface area contributed by atoms with Gasteiger partial charge in [0.25, 0.3) is 5.56 Å². The maximum atomic E-state index is 12.6. The SMILES string of the molecule is Cc1ccn(CC(=O)N2C[C@H](C)O[C@@H](c3ccsc3)C2)c(=O)c1. The number of thiophene rings is 1. The molecule has 0 unspecified atom stereocenters. The van der Waals surface area contributed by atoms with Crippen LogP contribution in [-0.4, -0.2) is 34.6 Å². The van der Waals surface area contributed by atoms with Crippen LogP contribution in [0.1, 0.15) is 24.2 Å². The van der Waals surface area contributed by atoms with E-state index in [2.05, 4.69) is 5.38 Å². The van der Waals surface area contributed by atoms with E-state index in [1.165, 1.54) is 4.57 Å². The first kappa shape index (κ1) is 16.0. The number of morpholine rings is 1. The second-order valence-corrected chi connectivity index (χ2v) is 6.74. The summed E-state index contributed by atoms with van der Waals surface area (Å²) in [5.41, 5.74) is 1.86. The molecule has 1 aliphatic rings. The van der Waals surface area contributed by atoms with Gasteiger partial charge in [0.15, 0.2) is 0 Å². The zero-order chi connectivity index (χ0) is 16.4. The van der Waals surface area contributed by atoms with Crippen LogP contribution >= 0.6 is 11.3 Å². The maximum absolute atomic E-state index is 12.6. The summed E-state index contributed by atoms with van der Waals surface area (Å²) < 4.78 is 7.40. The number of carbonyl (C=O) groups excluding carboxylic acids is 1. The first-order valence-corrected chi connectivity index (χ1v) is 8.59. The number of aryl methyl sites for hydroxylation is 1. The van der Waals surface area contributed by atoms with Crippen LogP contribution in [0.4, 0.5) is 0 Å². The van der Waals surface area contributed by atoms with Crippen LogP contribution in [0.5, 0.6) is 0 Å². The lowest BCUT2D eigenvalue weighted by molar-refractivity contribution is -0.145. The summed E-state index contributed by atoms with van der Waals surface area (Å²) in [6.07, 6.45) is 1.56. The number of aromatic nitrogens is 1. The van der Waals surface area contributed by atoms with E-state index in [0.717, 1.165) is 11.1 Å². The lowest BCUT2D eigenvalue weighted by Crippen LogP contribution is -2.47. The van der Waals surface area contributed by atoms with Crippen LogP contribution in [0.15, 0.2) is 40.0 Å². The number of rotatable bonds is 3. The third-order valence-corrected chi connectivity index (χ3v) is 4.69. The molecule has 2 atom stereocenters. The van der Waals surface area contributed by atoms with Gasteiger partial charge in [0.2, 0.25) is 5.91 Å². The van der Waals surface area contributed by atoms with Crippen molar-refractivity contribution in [2.24, 2.45) is 0 Å². The van der Waals surface area contributed by atoms with Gasteiger partial charge in [0.05, 0.1) is 12.6 Å². The zero-order valence-corrected chi connectivity index (χ0v) is 14.1. The van der Waals surface area contributed by atoms with E-state index in [1.54, 1.807) is 28.5 Å². The molecule has 0 aromatic carbocycles. The molecule has 1 fully saturated rings. The Balaban J connectivity index is 1.72. The van der Waals surface area contributed by atoms with Crippen LogP contribution in [-0.2, 0) is 16.1 Å². The second kappa shape index (κ2) is 6.68. The highest BCUT2D eigenvalue weighted by Gasteiger charge is 2.29.